The summed E-state index contributed by atoms with van der Waals surface area (Å²) in [6, 6.07) is 17.2. The minimum Gasteiger partial charge on any atom is -0.308 e. The van der Waals surface area contributed by atoms with Crippen molar-refractivity contribution in [3.05, 3.63) is 108 Å². The van der Waals surface area contributed by atoms with Crippen molar-refractivity contribution in [3.8, 4) is 11.3 Å². The van der Waals surface area contributed by atoms with Gasteiger partial charge in [-0.3, -0.25) is 14.9 Å². The second kappa shape index (κ2) is 10.1. The van der Waals surface area contributed by atoms with Crippen LogP contribution in [0.2, 0.25) is 0 Å². The van der Waals surface area contributed by atoms with E-state index in [-0.39, 0.29) is 24.2 Å². The van der Waals surface area contributed by atoms with Crippen LogP contribution >= 0.6 is 0 Å². The zero-order valence-electron chi connectivity index (χ0n) is 19.1. The molecule has 0 fully saturated rings. The lowest BCUT2D eigenvalue weighted by Crippen LogP contribution is -2.30. The molecule has 2 amide bonds. The number of anilines is 2. The number of rotatable bonds is 7. The molecule has 34 heavy (non-hydrogen) atoms. The minimum absolute atomic E-state index is 0.104. The molecular weight excluding hydrogens is 424 g/mol. The van der Waals surface area contributed by atoms with Crippen molar-refractivity contribution in [3.63, 3.8) is 0 Å². The van der Waals surface area contributed by atoms with E-state index in [4.69, 9.17) is 0 Å². The summed E-state index contributed by atoms with van der Waals surface area (Å²) in [6.07, 6.45) is 6.06. The highest BCUT2D eigenvalue weighted by molar-refractivity contribution is 6.09. The molecule has 4 rings (SSSR count). The van der Waals surface area contributed by atoms with Gasteiger partial charge < -0.3 is 4.90 Å². The Kier molecular flexibility index (Phi) is 6.78. The minimum atomic E-state index is -0.174. The Morgan fingerprint density at radius 2 is 1.94 bits per heavy atom. The predicted octanol–water partition coefficient (Wildman–Crippen LogP) is 4.90. The first kappa shape index (κ1) is 22.9. The van der Waals surface area contributed by atoms with Gasteiger partial charge in [-0.15, -0.1) is 0 Å². The van der Waals surface area contributed by atoms with Crippen molar-refractivity contribution in [2.24, 2.45) is 0 Å². The Labute approximate surface area is 199 Å². The molecular formula is C28H26N4O2. The van der Waals surface area contributed by atoms with Gasteiger partial charge >= 0.3 is 0 Å². The van der Waals surface area contributed by atoms with Gasteiger partial charge in [0.25, 0.3) is 5.91 Å². The number of hydrogen-bond donors (Lipinski definition) is 1. The summed E-state index contributed by atoms with van der Waals surface area (Å²) >= 11 is 0. The first-order chi connectivity index (χ1) is 16.5. The Morgan fingerprint density at radius 1 is 1.15 bits per heavy atom. The van der Waals surface area contributed by atoms with E-state index in [9.17, 15) is 9.59 Å². The summed E-state index contributed by atoms with van der Waals surface area (Å²) in [7, 11) is 0. The maximum Gasteiger partial charge on any atom is 0.257 e. The summed E-state index contributed by atoms with van der Waals surface area (Å²) in [5.74, 6) is -0.0171. The van der Waals surface area contributed by atoms with Crippen LogP contribution in [0.15, 0.2) is 97.3 Å². The van der Waals surface area contributed by atoms with Crippen molar-refractivity contribution < 1.29 is 9.59 Å². The van der Waals surface area contributed by atoms with E-state index in [2.05, 4.69) is 28.4 Å². The Balaban J connectivity index is 1.50. The molecule has 170 valence electrons. The molecule has 0 unspecified atom stereocenters. The number of allylic oxidation sites excluding steroid dienone is 2. The molecule has 1 aliphatic heterocycles. The summed E-state index contributed by atoms with van der Waals surface area (Å²) in [4.78, 5) is 35.8. The van der Waals surface area contributed by atoms with Gasteiger partial charge in [0.15, 0.2) is 0 Å². The van der Waals surface area contributed by atoms with Gasteiger partial charge in [0, 0.05) is 29.6 Å². The van der Waals surface area contributed by atoms with Crippen LogP contribution in [0.3, 0.4) is 0 Å². The van der Waals surface area contributed by atoms with Crippen LogP contribution in [0, 0.1) is 0 Å². The number of carbonyl (C=O) groups is 2. The van der Waals surface area contributed by atoms with E-state index in [0.717, 1.165) is 34.4 Å². The third kappa shape index (κ3) is 5.02. The lowest BCUT2D eigenvalue weighted by atomic mass is 10.1. The quantitative estimate of drug-likeness (QED) is 0.410. The molecule has 6 heteroatoms. The second-order valence-electron chi connectivity index (χ2n) is 8.09. The van der Waals surface area contributed by atoms with Gasteiger partial charge in [-0.05, 0) is 48.2 Å². The zero-order valence-corrected chi connectivity index (χ0v) is 19.1. The number of nitrogens with one attached hydrogen (secondary N) is 1. The molecule has 6 nitrogen and oxygen atoms in total. The molecule has 2 aromatic carbocycles. The molecule has 0 saturated heterocycles. The van der Waals surface area contributed by atoms with E-state index < -0.39 is 0 Å². The van der Waals surface area contributed by atoms with E-state index >= 15 is 0 Å². The van der Waals surface area contributed by atoms with E-state index in [1.165, 1.54) is 0 Å². The zero-order chi connectivity index (χ0) is 24.1. The normalized spacial score (nSPS) is 12.7. The van der Waals surface area contributed by atoms with Crippen molar-refractivity contribution in [1.82, 2.24) is 9.97 Å². The average Bonchev–Trinajstić information content (AvgIpc) is 3.27. The van der Waals surface area contributed by atoms with Gasteiger partial charge in [0.2, 0.25) is 11.9 Å². The van der Waals surface area contributed by atoms with Crippen LogP contribution in [0.5, 0.6) is 0 Å². The standard InChI is InChI=1S/C28H26N4O2/c1-4-8-19(2)20(3)27(34)32-16-14-23-18-22(11-12-25(23)32)24-13-15-29-28(30-24)31-26(33)17-21-9-6-5-7-10-21/h4-13,15,18H,1,3,14,16-17H2,2H3,(H,29,30,31,33)/b19-8-. The summed E-state index contributed by atoms with van der Waals surface area (Å²) < 4.78 is 0. The Hall–Kier alpha value is -4.32. The van der Waals surface area contributed by atoms with Gasteiger partial charge in [0.1, 0.15) is 0 Å². The third-order valence-corrected chi connectivity index (χ3v) is 5.73. The van der Waals surface area contributed by atoms with Crippen LogP contribution < -0.4 is 10.2 Å². The molecule has 0 saturated carbocycles. The summed E-state index contributed by atoms with van der Waals surface area (Å²) in [6.45, 7) is 10.1. The average molecular weight is 451 g/mol. The number of nitrogens with zero attached hydrogens (tertiary/aromatic N) is 3. The van der Waals surface area contributed by atoms with Crippen LogP contribution in [0.25, 0.3) is 11.3 Å². The number of fused-ring (bicyclic) bond motifs is 1. The van der Waals surface area contributed by atoms with Crippen molar-refractivity contribution in [2.45, 2.75) is 19.8 Å². The molecule has 0 atom stereocenters. The third-order valence-electron chi connectivity index (χ3n) is 5.73. The van der Waals surface area contributed by atoms with Crippen molar-refractivity contribution in [2.75, 3.05) is 16.8 Å². The number of hydrogen-bond acceptors (Lipinski definition) is 4. The lowest BCUT2D eigenvalue weighted by Gasteiger charge is -2.19. The fraction of sp³-hybridized carbons (Fsp3) is 0.143. The summed E-state index contributed by atoms with van der Waals surface area (Å²) in [5.41, 5.74) is 5.73. The van der Waals surface area contributed by atoms with Crippen LogP contribution in [0.1, 0.15) is 18.1 Å². The van der Waals surface area contributed by atoms with Crippen LogP contribution in [0.4, 0.5) is 11.6 Å². The second-order valence-corrected chi connectivity index (χ2v) is 8.09. The van der Waals surface area contributed by atoms with Crippen LogP contribution in [-0.2, 0) is 22.4 Å². The highest BCUT2D eigenvalue weighted by Crippen LogP contribution is 2.33. The molecule has 0 radical (unpaired) electrons. The van der Waals surface area contributed by atoms with Gasteiger partial charge in [-0.2, -0.15) is 0 Å². The molecule has 0 aliphatic carbocycles. The highest BCUT2D eigenvalue weighted by Gasteiger charge is 2.27. The number of amides is 2. The van der Waals surface area contributed by atoms with Gasteiger partial charge in [-0.25, -0.2) is 9.97 Å². The Bertz CT molecular complexity index is 1290. The lowest BCUT2D eigenvalue weighted by molar-refractivity contribution is -0.116. The van der Waals surface area contributed by atoms with Crippen molar-refractivity contribution >= 4 is 23.5 Å². The SMILES string of the molecule is C=C/C=C(/C)C(=C)C(=O)N1CCc2cc(-c3ccnc(NC(=O)Cc4ccccc4)n3)ccc21. The topological polar surface area (TPSA) is 75.2 Å². The van der Waals surface area contributed by atoms with E-state index in [1.807, 2.05) is 55.5 Å². The predicted molar refractivity (Wildman–Crippen MR) is 135 cm³/mol. The monoisotopic (exact) mass is 450 g/mol. The van der Waals surface area contributed by atoms with Gasteiger partial charge in [-0.1, -0.05) is 61.7 Å². The highest BCUT2D eigenvalue weighted by atomic mass is 16.2. The Morgan fingerprint density at radius 3 is 2.71 bits per heavy atom. The molecule has 3 aromatic rings. The van der Waals surface area contributed by atoms with E-state index in [0.29, 0.717) is 17.8 Å². The molecule has 2 heterocycles. The first-order valence-electron chi connectivity index (χ1n) is 11.1. The molecule has 1 N–H and O–H groups in total. The smallest absolute Gasteiger partial charge is 0.257 e. The fourth-order valence-corrected chi connectivity index (χ4v) is 3.91. The first-order valence-corrected chi connectivity index (χ1v) is 11.1. The molecule has 0 spiro atoms. The van der Waals surface area contributed by atoms with Crippen molar-refractivity contribution in [1.29, 1.82) is 0 Å². The van der Waals surface area contributed by atoms with Crippen LogP contribution in [-0.4, -0.2) is 28.3 Å². The number of aromatic nitrogens is 2. The largest absolute Gasteiger partial charge is 0.308 e. The maximum absolute atomic E-state index is 12.9. The fourth-order valence-electron chi connectivity index (χ4n) is 3.91. The molecule has 1 aliphatic rings. The molecule has 1 aromatic heterocycles. The van der Waals surface area contributed by atoms with E-state index in [1.54, 1.807) is 29.3 Å². The number of benzene rings is 2. The summed E-state index contributed by atoms with van der Waals surface area (Å²) in [5, 5.41) is 2.77. The maximum atomic E-state index is 12.9. The number of carbonyl (C=O) groups excluding carboxylic acids is 2. The molecule has 0 bridgehead atoms. The van der Waals surface area contributed by atoms with Gasteiger partial charge in [0.05, 0.1) is 12.1 Å².